The van der Waals surface area contributed by atoms with Crippen LogP contribution in [-0.4, -0.2) is 19.5 Å². The fourth-order valence-corrected chi connectivity index (χ4v) is 3.50. The molecule has 0 spiro atoms. The van der Waals surface area contributed by atoms with Crippen LogP contribution < -0.4 is 10.2 Å². The molecule has 1 amide bonds. The van der Waals surface area contributed by atoms with Gasteiger partial charge in [0.05, 0.1) is 11.5 Å². The van der Waals surface area contributed by atoms with Gasteiger partial charge in [-0.15, -0.1) is 0 Å². The highest BCUT2D eigenvalue weighted by molar-refractivity contribution is 7.89. The summed E-state index contributed by atoms with van der Waals surface area (Å²) in [4.78, 5) is 14.4. The Morgan fingerprint density at radius 1 is 1.17 bits per heavy atom. The van der Waals surface area contributed by atoms with Crippen molar-refractivity contribution in [3.05, 3.63) is 71.1 Å². The third kappa shape index (κ3) is 3.78. The van der Waals surface area contributed by atoms with Crippen LogP contribution in [0.5, 0.6) is 0 Å². The van der Waals surface area contributed by atoms with Crippen molar-refractivity contribution >= 4 is 21.6 Å². The van der Waals surface area contributed by atoms with Gasteiger partial charge in [0, 0.05) is 11.6 Å². The fourth-order valence-electron chi connectivity index (χ4n) is 2.13. The number of carbonyl (C=O) groups is 1. The van der Waals surface area contributed by atoms with Gasteiger partial charge in [-0.3, -0.25) is 10.0 Å². The lowest BCUT2D eigenvalue weighted by atomic mass is 10.1. The van der Waals surface area contributed by atoms with Crippen LogP contribution in [0.25, 0.3) is 4.85 Å². The summed E-state index contributed by atoms with van der Waals surface area (Å²) in [5.74, 6) is -0.652. The van der Waals surface area contributed by atoms with E-state index in [-0.39, 0.29) is 16.1 Å². The maximum absolute atomic E-state index is 12.5. The normalized spacial score (nSPS) is 12.2. The molecule has 8 heteroatoms. The van der Waals surface area contributed by atoms with Crippen molar-refractivity contribution in [2.24, 2.45) is 0 Å². The molecule has 2 aromatic carbocycles. The Morgan fingerprint density at radius 3 is 2.38 bits per heavy atom. The van der Waals surface area contributed by atoms with Gasteiger partial charge < -0.3 is 0 Å². The van der Waals surface area contributed by atoms with E-state index in [9.17, 15) is 13.2 Å². The Kier molecular flexibility index (Phi) is 5.31. The Bertz CT molecular complexity index is 886. The molecule has 0 heterocycles. The van der Waals surface area contributed by atoms with E-state index in [2.05, 4.69) is 9.57 Å². The average molecular weight is 345 g/mol. The van der Waals surface area contributed by atoms with Crippen molar-refractivity contribution in [2.75, 3.05) is 0 Å². The number of carbonyl (C=O) groups excluding carboxylic acids is 1. The van der Waals surface area contributed by atoms with Gasteiger partial charge in [0.2, 0.25) is 15.7 Å². The van der Waals surface area contributed by atoms with Gasteiger partial charge in [0.25, 0.3) is 5.91 Å². The topological polar surface area (TPSA) is 99.9 Å². The average Bonchev–Trinajstić information content (AvgIpc) is 2.60. The van der Waals surface area contributed by atoms with Gasteiger partial charge in [-0.25, -0.2) is 23.5 Å². The minimum absolute atomic E-state index is 0.0483. The molecule has 0 aliphatic rings. The van der Waals surface area contributed by atoms with Crippen molar-refractivity contribution in [2.45, 2.75) is 17.9 Å². The Labute approximate surface area is 139 Å². The predicted molar refractivity (Wildman–Crippen MR) is 87.1 cm³/mol. The molecule has 0 aliphatic heterocycles. The number of hydrogen-bond donors (Lipinski definition) is 3. The summed E-state index contributed by atoms with van der Waals surface area (Å²) in [5, 5.41) is 8.58. The summed E-state index contributed by atoms with van der Waals surface area (Å²) >= 11 is 0. The maximum atomic E-state index is 12.5. The minimum atomic E-state index is -3.86. The highest BCUT2D eigenvalue weighted by Gasteiger charge is 2.21. The Morgan fingerprint density at radius 2 is 1.79 bits per heavy atom. The lowest BCUT2D eigenvalue weighted by molar-refractivity contribution is 0.0706. The minimum Gasteiger partial charge on any atom is -0.288 e. The lowest BCUT2D eigenvalue weighted by Gasteiger charge is -2.15. The first-order valence-corrected chi connectivity index (χ1v) is 8.40. The van der Waals surface area contributed by atoms with Gasteiger partial charge in [0.1, 0.15) is 0 Å². The number of hydrogen-bond acceptors (Lipinski definition) is 4. The molecule has 1 atom stereocenters. The van der Waals surface area contributed by atoms with E-state index in [0.29, 0.717) is 5.56 Å². The van der Waals surface area contributed by atoms with Gasteiger partial charge in [-0.2, -0.15) is 0 Å². The van der Waals surface area contributed by atoms with Crippen molar-refractivity contribution in [1.29, 1.82) is 0 Å². The van der Waals surface area contributed by atoms with Crippen LogP contribution in [0, 0.1) is 6.57 Å². The molecule has 0 fully saturated rings. The molecule has 3 N–H and O–H groups in total. The number of nitrogens with one attached hydrogen (secondary N) is 2. The molecule has 7 nitrogen and oxygen atoms in total. The first-order chi connectivity index (χ1) is 11.4. The zero-order chi connectivity index (χ0) is 17.7. The standard InChI is InChI=1S/C16H15N3O4S/c1-11(12-7-9-13(10-8-12)16(20)18-21)19-24(22,23)15-6-4-3-5-14(15)17-2/h3-11,19,21H,1H3,(H,18,20). The van der Waals surface area contributed by atoms with E-state index in [1.165, 1.54) is 29.7 Å². The molecule has 0 saturated heterocycles. The number of nitrogens with zero attached hydrogens (tertiary/aromatic N) is 1. The first kappa shape index (κ1) is 17.6. The van der Waals surface area contributed by atoms with Crippen molar-refractivity contribution in [3.8, 4) is 0 Å². The van der Waals surface area contributed by atoms with Crippen molar-refractivity contribution in [1.82, 2.24) is 10.2 Å². The van der Waals surface area contributed by atoms with Crippen LogP contribution in [-0.2, 0) is 10.0 Å². The smallest absolute Gasteiger partial charge is 0.274 e. The van der Waals surface area contributed by atoms with Gasteiger partial charge in [0.15, 0.2) is 0 Å². The molecule has 1 unspecified atom stereocenters. The molecule has 0 radical (unpaired) electrons. The van der Waals surface area contributed by atoms with E-state index in [4.69, 9.17) is 11.8 Å². The number of rotatable bonds is 5. The molecule has 2 rings (SSSR count). The Balaban J connectivity index is 2.24. The third-order valence-corrected chi connectivity index (χ3v) is 4.97. The fraction of sp³-hybridized carbons (Fsp3) is 0.125. The second kappa shape index (κ2) is 7.23. The largest absolute Gasteiger partial charge is 0.288 e. The molecule has 0 bridgehead atoms. The third-order valence-electron chi connectivity index (χ3n) is 3.38. The Hall–Kier alpha value is -2.73. The molecule has 0 aliphatic carbocycles. The van der Waals surface area contributed by atoms with E-state index in [1.54, 1.807) is 31.2 Å². The van der Waals surface area contributed by atoms with Crippen LogP contribution in [0.1, 0.15) is 28.9 Å². The molecule has 0 saturated carbocycles. The summed E-state index contributed by atoms with van der Waals surface area (Å²) in [7, 11) is -3.86. The lowest BCUT2D eigenvalue weighted by Crippen LogP contribution is -2.27. The van der Waals surface area contributed by atoms with E-state index >= 15 is 0 Å². The number of benzene rings is 2. The summed E-state index contributed by atoms with van der Waals surface area (Å²) in [6.45, 7) is 8.72. The summed E-state index contributed by atoms with van der Waals surface area (Å²) in [6, 6.07) is 11.5. The summed E-state index contributed by atoms with van der Waals surface area (Å²) < 4.78 is 27.4. The number of amides is 1. The van der Waals surface area contributed by atoms with E-state index in [0.717, 1.165) is 0 Å². The first-order valence-electron chi connectivity index (χ1n) is 6.92. The van der Waals surface area contributed by atoms with Crippen LogP contribution in [0.3, 0.4) is 0 Å². The molecule has 24 heavy (non-hydrogen) atoms. The van der Waals surface area contributed by atoms with Crippen LogP contribution >= 0.6 is 0 Å². The number of sulfonamides is 1. The van der Waals surface area contributed by atoms with Gasteiger partial charge >= 0.3 is 0 Å². The van der Waals surface area contributed by atoms with Crippen LogP contribution in [0.2, 0.25) is 0 Å². The number of para-hydroxylation sites is 1. The maximum Gasteiger partial charge on any atom is 0.274 e. The van der Waals surface area contributed by atoms with Gasteiger partial charge in [-0.1, -0.05) is 36.4 Å². The second-order valence-electron chi connectivity index (χ2n) is 4.99. The molecular formula is C16H15N3O4S. The second-order valence-corrected chi connectivity index (χ2v) is 6.67. The van der Waals surface area contributed by atoms with Crippen LogP contribution in [0.15, 0.2) is 53.4 Å². The quantitative estimate of drug-likeness (QED) is 0.440. The summed E-state index contributed by atoms with van der Waals surface area (Å²) in [6.07, 6.45) is 0. The van der Waals surface area contributed by atoms with Gasteiger partial charge in [-0.05, 0) is 24.6 Å². The highest BCUT2D eigenvalue weighted by atomic mass is 32.2. The van der Waals surface area contributed by atoms with Crippen LogP contribution in [0.4, 0.5) is 5.69 Å². The highest BCUT2D eigenvalue weighted by Crippen LogP contribution is 2.25. The zero-order valence-corrected chi connectivity index (χ0v) is 13.5. The SMILES string of the molecule is [C-]#[N+]c1ccccc1S(=O)(=O)NC(C)c1ccc(C(=O)NO)cc1. The van der Waals surface area contributed by atoms with Crippen molar-refractivity contribution < 1.29 is 18.4 Å². The number of hydroxylamine groups is 1. The molecule has 0 aromatic heterocycles. The predicted octanol–water partition coefficient (Wildman–Crippen LogP) is 2.40. The van der Waals surface area contributed by atoms with E-state index in [1.807, 2.05) is 0 Å². The monoisotopic (exact) mass is 345 g/mol. The van der Waals surface area contributed by atoms with E-state index < -0.39 is 22.0 Å². The molecular weight excluding hydrogens is 330 g/mol. The molecule has 2 aromatic rings. The molecule has 124 valence electrons. The zero-order valence-electron chi connectivity index (χ0n) is 12.7. The van der Waals surface area contributed by atoms with Crippen molar-refractivity contribution in [3.63, 3.8) is 0 Å². The summed E-state index contributed by atoms with van der Waals surface area (Å²) in [5.41, 5.74) is 2.45.